The Morgan fingerprint density at radius 3 is 1.77 bits per heavy atom. The number of hydrogen-bond donors (Lipinski definition) is 0. The Morgan fingerprint density at radius 2 is 1.00 bits per heavy atom. The summed E-state index contributed by atoms with van der Waals surface area (Å²) in [5.41, 5.74) is 18.0. The number of rotatable bonds is 4. The van der Waals surface area contributed by atoms with Crippen molar-refractivity contribution in [1.29, 1.82) is 0 Å². The molecule has 3 heteroatoms. The van der Waals surface area contributed by atoms with E-state index < -0.39 is 0 Å². The Labute approximate surface area is 351 Å². The van der Waals surface area contributed by atoms with Gasteiger partial charge in [0, 0.05) is 58.4 Å². The van der Waals surface area contributed by atoms with Crippen molar-refractivity contribution in [3.8, 4) is 50.2 Å². The van der Waals surface area contributed by atoms with Crippen molar-refractivity contribution in [3.63, 3.8) is 0 Å². The van der Waals surface area contributed by atoms with Gasteiger partial charge < -0.3 is 8.98 Å². The van der Waals surface area contributed by atoms with E-state index in [-0.39, 0.29) is 5.41 Å². The summed E-state index contributed by atoms with van der Waals surface area (Å²) in [4.78, 5) is 0. The monoisotopic (exact) mass is 783 g/mol. The molecule has 0 amide bonds. The number of benzene rings is 9. The fraction of sp³-hybridized carbons (Fsp3) is 0.0526. The van der Waals surface area contributed by atoms with Crippen molar-refractivity contribution in [1.82, 2.24) is 4.57 Å². The van der Waals surface area contributed by atoms with Crippen molar-refractivity contribution in [3.05, 3.63) is 199 Å². The highest BCUT2D eigenvalue weighted by Crippen LogP contribution is 2.54. The smallest absolute Gasteiger partial charge is 0.135 e. The third-order valence-corrected chi connectivity index (χ3v) is 14.4. The highest BCUT2D eigenvalue weighted by molar-refractivity contribution is 7.26. The summed E-state index contributed by atoms with van der Waals surface area (Å²) in [6.07, 6.45) is 0. The fourth-order valence-electron chi connectivity index (χ4n) is 10.2. The lowest BCUT2D eigenvalue weighted by molar-refractivity contribution is 0.660. The van der Waals surface area contributed by atoms with E-state index >= 15 is 0 Å². The topological polar surface area (TPSA) is 18.1 Å². The van der Waals surface area contributed by atoms with Gasteiger partial charge in [-0.2, -0.15) is 0 Å². The molecule has 282 valence electrons. The van der Waals surface area contributed by atoms with Crippen LogP contribution >= 0.6 is 11.3 Å². The largest absolute Gasteiger partial charge is 0.456 e. The van der Waals surface area contributed by atoms with Crippen LogP contribution in [0.3, 0.4) is 0 Å². The van der Waals surface area contributed by atoms with Crippen molar-refractivity contribution >= 4 is 75.3 Å². The molecule has 0 saturated carbocycles. The number of para-hydroxylation sites is 1. The molecule has 0 radical (unpaired) electrons. The number of nitrogens with zero attached hydrogens (tertiary/aromatic N) is 1. The summed E-state index contributed by atoms with van der Waals surface area (Å²) in [7, 11) is 0. The minimum atomic E-state index is -0.147. The molecule has 3 heterocycles. The molecular formula is C57H37NOS. The third-order valence-electron chi connectivity index (χ3n) is 13.2. The Hall–Kier alpha value is -7.20. The predicted molar refractivity (Wildman–Crippen MR) is 255 cm³/mol. The van der Waals surface area contributed by atoms with Crippen molar-refractivity contribution in [2.24, 2.45) is 0 Å². The average Bonchev–Trinajstić information content (AvgIpc) is 4.02. The lowest BCUT2D eigenvalue weighted by atomic mass is 9.82. The predicted octanol–water partition coefficient (Wildman–Crippen LogP) is 16.4. The Bertz CT molecular complexity index is 3730. The molecule has 0 atom stereocenters. The highest BCUT2D eigenvalue weighted by Gasteiger charge is 2.37. The number of furan rings is 1. The molecule has 0 bridgehead atoms. The minimum absolute atomic E-state index is 0.147. The molecule has 9 aromatic carbocycles. The van der Waals surface area contributed by atoms with Gasteiger partial charge in [0.15, 0.2) is 0 Å². The summed E-state index contributed by atoms with van der Waals surface area (Å²) in [6, 6.07) is 69.3. The summed E-state index contributed by atoms with van der Waals surface area (Å²) in [5, 5.41) is 7.45. The quantitative estimate of drug-likeness (QED) is 0.174. The zero-order valence-electron chi connectivity index (χ0n) is 33.2. The van der Waals surface area contributed by atoms with E-state index in [0.29, 0.717) is 0 Å². The molecule has 0 unspecified atom stereocenters. The maximum absolute atomic E-state index is 6.21. The van der Waals surface area contributed by atoms with Gasteiger partial charge in [0.25, 0.3) is 0 Å². The van der Waals surface area contributed by atoms with Crippen molar-refractivity contribution in [2.45, 2.75) is 19.3 Å². The van der Waals surface area contributed by atoms with Crippen LogP contribution in [0.1, 0.15) is 25.0 Å². The number of fused-ring (bicyclic) bond motifs is 13. The summed E-state index contributed by atoms with van der Waals surface area (Å²) in [5.74, 6) is 0. The van der Waals surface area contributed by atoms with E-state index in [2.05, 4.69) is 194 Å². The first-order chi connectivity index (χ1) is 29.5. The van der Waals surface area contributed by atoms with Crippen LogP contribution in [0.5, 0.6) is 0 Å². The zero-order chi connectivity index (χ0) is 39.7. The molecule has 1 aliphatic carbocycles. The van der Waals surface area contributed by atoms with E-state index in [4.69, 9.17) is 4.42 Å². The molecular weight excluding hydrogens is 747 g/mol. The fourth-order valence-corrected chi connectivity index (χ4v) is 11.4. The number of thiophene rings is 1. The van der Waals surface area contributed by atoms with E-state index in [9.17, 15) is 0 Å². The second kappa shape index (κ2) is 12.4. The van der Waals surface area contributed by atoms with Gasteiger partial charge in [-0.25, -0.2) is 0 Å². The molecule has 13 rings (SSSR count). The first-order valence-corrected chi connectivity index (χ1v) is 21.6. The van der Waals surface area contributed by atoms with Gasteiger partial charge in [-0.3, -0.25) is 0 Å². The normalized spacial score (nSPS) is 13.3. The highest BCUT2D eigenvalue weighted by atomic mass is 32.1. The van der Waals surface area contributed by atoms with Gasteiger partial charge >= 0.3 is 0 Å². The van der Waals surface area contributed by atoms with Crippen molar-refractivity contribution in [2.75, 3.05) is 0 Å². The molecule has 0 aliphatic heterocycles. The van der Waals surface area contributed by atoms with E-state index in [1.54, 1.807) is 0 Å². The van der Waals surface area contributed by atoms with Gasteiger partial charge in [-0.15, -0.1) is 11.3 Å². The zero-order valence-corrected chi connectivity index (χ0v) is 34.0. The first kappa shape index (κ1) is 33.7. The molecule has 3 aromatic heterocycles. The van der Waals surface area contributed by atoms with Gasteiger partial charge in [0.1, 0.15) is 11.2 Å². The Kier molecular flexibility index (Phi) is 6.98. The second-order valence-electron chi connectivity index (χ2n) is 16.9. The van der Waals surface area contributed by atoms with Crippen LogP contribution in [0.25, 0.3) is 114 Å². The number of hydrogen-bond acceptors (Lipinski definition) is 2. The Morgan fingerprint density at radius 1 is 0.417 bits per heavy atom. The van der Waals surface area contributed by atoms with E-state index in [0.717, 1.165) is 21.9 Å². The lowest BCUT2D eigenvalue weighted by Gasteiger charge is -2.22. The van der Waals surface area contributed by atoms with Crippen molar-refractivity contribution < 1.29 is 4.42 Å². The van der Waals surface area contributed by atoms with Gasteiger partial charge in [0.2, 0.25) is 0 Å². The van der Waals surface area contributed by atoms with Crippen LogP contribution in [0, 0.1) is 0 Å². The van der Waals surface area contributed by atoms with Crippen LogP contribution in [0.2, 0.25) is 0 Å². The molecule has 0 fully saturated rings. The van der Waals surface area contributed by atoms with E-state index in [1.165, 1.54) is 103 Å². The first-order valence-electron chi connectivity index (χ1n) is 20.7. The SMILES string of the molecule is CC1(C)c2cc(-n3c4ccc(-c5ccc(-c6ccccc6)cc5)cc4c4cc(-c5ccc6oc7ccccc7c6c5)ccc43)ccc2-c2c1ccc1c2sc2ccccc21. The second-order valence-corrected chi connectivity index (χ2v) is 17.9. The molecule has 2 nitrogen and oxygen atoms in total. The van der Waals surface area contributed by atoms with Gasteiger partial charge in [0.05, 0.1) is 11.0 Å². The Balaban J connectivity index is 1.00. The summed E-state index contributed by atoms with van der Waals surface area (Å²) >= 11 is 1.93. The van der Waals surface area contributed by atoms with Crippen LogP contribution in [-0.4, -0.2) is 4.57 Å². The molecule has 0 N–H and O–H groups in total. The number of aromatic nitrogens is 1. The standard InChI is InChI=1S/C57H37NOS/c1-57(2)48-26-25-43-42-13-7-9-15-54(42)60-56(43)55(48)44-24-23-40(33-49(44)57)58-50-27-20-37(36-18-16-35(17-19-36)34-10-4-3-5-11-34)30-45(50)46-31-38(21-28-51(46)58)39-22-29-53-47(32-39)41-12-6-8-14-52(41)59-53/h3-33H,1-2H3. The third kappa shape index (κ3) is 4.81. The van der Waals surface area contributed by atoms with Crippen LogP contribution in [0.4, 0.5) is 0 Å². The average molecular weight is 784 g/mol. The van der Waals surface area contributed by atoms with Gasteiger partial charge in [-0.05, 0) is 111 Å². The molecule has 12 aromatic rings. The van der Waals surface area contributed by atoms with Crippen LogP contribution in [0.15, 0.2) is 192 Å². The molecule has 0 spiro atoms. The maximum atomic E-state index is 6.21. The lowest BCUT2D eigenvalue weighted by Crippen LogP contribution is -2.15. The van der Waals surface area contributed by atoms with Crippen LogP contribution < -0.4 is 0 Å². The molecule has 60 heavy (non-hydrogen) atoms. The van der Waals surface area contributed by atoms with E-state index in [1.807, 2.05) is 23.5 Å². The minimum Gasteiger partial charge on any atom is -0.456 e. The van der Waals surface area contributed by atoms with Crippen LogP contribution in [-0.2, 0) is 5.41 Å². The molecule has 1 aliphatic rings. The summed E-state index contributed by atoms with van der Waals surface area (Å²) in [6.45, 7) is 4.79. The maximum Gasteiger partial charge on any atom is 0.135 e. The van der Waals surface area contributed by atoms with Gasteiger partial charge in [-0.1, -0.05) is 141 Å². The summed E-state index contributed by atoms with van der Waals surface area (Å²) < 4.78 is 11.4. The molecule has 0 saturated heterocycles.